The first-order valence-electron chi connectivity index (χ1n) is 8.40. The van der Waals surface area contributed by atoms with Gasteiger partial charge >= 0.3 is 0 Å². The number of benzene rings is 1. The molecule has 2 rings (SSSR count). The molecule has 0 bridgehead atoms. The third-order valence-corrected chi connectivity index (χ3v) is 5.74. The van der Waals surface area contributed by atoms with Gasteiger partial charge in [0.2, 0.25) is 0 Å². The summed E-state index contributed by atoms with van der Waals surface area (Å²) in [6, 6.07) is 7.05. The molecule has 0 aliphatic heterocycles. The maximum absolute atomic E-state index is 3.82. The summed E-state index contributed by atoms with van der Waals surface area (Å²) in [6.07, 6.45) is 10.9. The number of hydrogen-bond donors (Lipinski definition) is 1. The Labute approximate surface area is 146 Å². The smallest absolute Gasteiger partial charge is 0.0360 e. The summed E-state index contributed by atoms with van der Waals surface area (Å²) in [6.45, 7) is 3.35. The van der Waals surface area contributed by atoms with Crippen LogP contribution in [0.25, 0.3) is 0 Å². The summed E-state index contributed by atoms with van der Waals surface area (Å²) in [5.74, 6) is 0.766. The first-order valence-corrected chi connectivity index (χ1v) is 9.99. The van der Waals surface area contributed by atoms with Gasteiger partial charge < -0.3 is 5.32 Å². The van der Waals surface area contributed by atoms with Crippen LogP contribution >= 0.6 is 31.9 Å². The van der Waals surface area contributed by atoms with Gasteiger partial charge in [-0.2, -0.15) is 0 Å². The van der Waals surface area contributed by atoms with E-state index in [2.05, 4.69) is 62.3 Å². The molecule has 3 heteroatoms. The highest BCUT2D eigenvalue weighted by Gasteiger charge is 2.24. The minimum Gasteiger partial charge on any atom is -0.310 e. The molecule has 1 aliphatic rings. The SMILES string of the molecule is CCCNC(c1cc(Br)ccc1Br)C1CCCCCCC1. The van der Waals surface area contributed by atoms with Crippen LogP contribution in [0.5, 0.6) is 0 Å². The van der Waals surface area contributed by atoms with E-state index in [1.54, 1.807) is 0 Å². The van der Waals surface area contributed by atoms with Gasteiger partial charge in [-0.3, -0.25) is 0 Å². The molecule has 1 saturated carbocycles. The van der Waals surface area contributed by atoms with E-state index in [4.69, 9.17) is 0 Å². The third kappa shape index (κ3) is 5.37. The van der Waals surface area contributed by atoms with Gasteiger partial charge in [0.1, 0.15) is 0 Å². The molecule has 1 nitrogen and oxygen atoms in total. The van der Waals surface area contributed by atoms with Crippen molar-refractivity contribution >= 4 is 31.9 Å². The van der Waals surface area contributed by atoms with Gasteiger partial charge in [0.15, 0.2) is 0 Å². The minimum atomic E-state index is 0.481. The summed E-state index contributed by atoms with van der Waals surface area (Å²) in [7, 11) is 0. The maximum atomic E-state index is 3.82. The molecule has 1 N–H and O–H groups in total. The standard InChI is InChI=1S/C18H27Br2N/c1-2-12-21-18(14-8-6-4-3-5-7-9-14)16-13-15(19)10-11-17(16)20/h10-11,13-14,18,21H,2-9,12H2,1H3. The lowest BCUT2D eigenvalue weighted by atomic mass is 9.83. The summed E-state index contributed by atoms with van der Waals surface area (Å²) in [5, 5.41) is 3.82. The van der Waals surface area contributed by atoms with Crippen molar-refractivity contribution < 1.29 is 0 Å². The van der Waals surface area contributed by atoms with Crippen LogP contribution in [0.2, 0.25) is 0 Å². The van der Waals surface area contributed by atoms with Gasteiger partial charge in [-0.05, 0) is 55.5 Å². The largest absolute Gasteiger partial charge is 0.310 e. The van der Waals surface area contributed by atoms with Crippen LogP contribution in [0.15, 0.2) is 27.1 Å². The average molecular weight is 417 g/mol. The van der Waals surface area contributed by atoms with Gasteiger partial charge in [0, 0.05) is 15.0 Å². The van der Waals surface area contributed by atoms with E-state index in [9.17, 15) is 0 Å². The molecule has 118 valence electrons. The van der Waals surface area contributed by atoms with Crippen molar-refractivity contribution in [3.8, 4) is 0 Å². The molecule has 0 aromatic heterocycles. The lowest BCUT2D eigenvalue weighted by Crippen LogP contribution is -2.30. The Morgan fingerprint density at radius 1 is 1.10 bits per heavy atom. The molecule has 0 spiro atoms. The second-order valence-electron chi connectivity index (χ2n) is 6.20. The molecule has 21 heavy (non-hydrogen) atoms. The van der Waals surface area contributed by atoms with Crippen molar-refractivity contribution in [3.05, 3.63) is 32.7 Å². The topological polar surface area (TPSA) is 12.0 Å². The fourth-order valence-corrected chi connectivity index (χ4v) is 4.28. The summed E-state index contributed by atoms with van der Waals surface area (Å²) < 4.78 is 2.41. The highest BCUT2D eigenvalue weighted by atomic mass is 79.9. The van der Waals surface area contributed by atoms with Crippen molar-refractivity contribution in [1.82, 2.24) is 5.32 Å². The van der Waals surface area contributed by atoms with Crippen molar-refractivity contribution in [2.24, 2.45) is 5.92 Å². The zero-order chi connectivity index (χ0) is 15.1. The Bertz CT molecular complexity index is 425. The molecular weight excluding hydrogens is 390 g/mol. The lowest BCUT2D eigenvalue weighted by molar-refractivity contribution is 0.288. The van der Waals surface area contributed by atoms with Crippen LogP contribution in [0, 0.1) is 5.92 Å². The van der Waals surface area contributed by atoms with Gasteiger partial charge in [0.05, 0.1) is 0 Å². The van der Waals surface area contributed by atoms with Crippen molar-refractivity contribution in [1.29, 1.82) is 0 Å². The second kappa shape index (κ2) is 9.32. The first-order chi connectivity index (χ1) is 10.2. The molecule has 1 aromatic rings. The summed E-state index contributed by atoms with van der Waals surface area (Å²) in [4.78, 5) is 0. The molecule has 0 saturated heterocycles. The molecule has 0 heterocycles. The number of halogens is 2. The van der Waals surface area contributed by atoms with Crippen LogP contribution < -0.4 is 5.32 Å². The first kappa shape index (κ1) is 17.5. The molecular formula is C18H27Br2N. The number of nitrogens with one attached hydrogen (secondary N) is 1. The summed E-state index contributed by atoms with van der Waals surface area (Å²) in [5.41, 5.74) is 1.42. The molecule has 0 radical (unpaired) electrons. The number of rotatable bonds is 5. The molecule has 1 fully saturated rings. The van der Waals surface area contributed by atoms with E-state index in [0.29, 0.717) is 6.04 Å². The minimum absolute atomic E-state index is 0.481. The zero-order valence-electron chi connectivity index (χ0n) is 13.0. The molecule has 1 unspecified atom stereocenters. The van der Waals surface area contributed by atoms with Crippen LogP contribution in [0.3, 0.4) is 0 Å². The third-order valence-electron chi connectivity index (χ3n) is 4.53. The highest BCUT2D eigenvalue weighted by Crippen LogP contribution is 2.37. The van der Waals surface area contributed by atoms with Crippen molar-refractivity contribution in [3.63, 3.8) is 0 Å². The fraction of sp³-hybridized carbons (Fsp3) is 0.667. The van der Waals surface area contributed by atoms with E-state index >= 15 is 0 Å². The molecule has 1 aromatic carbocycles. The molecule has 0 amide bonds. The lowest BCUT2D eigenvalue weighted by Gasteiger charge is -2.31. The van der Waals surface area contributed by atoms with Crippen LogP contribution in [-0.4, -0.2) is 6.54 Å². The van der Waals surface area contributed by atoms with E-state index in [-0.39, 0.29) is 0 Å². The highest BCUT2D eigenvalue weighted by molar-refractivity contribution is 9.11. The number of hydrogen-bond acceptors (Lipinski definition) is 1. The predicted molar refractivity (Wildman–Crippen MR) is 98.7 cm³/mol. The average Bonchev–Trinajstić information content (AvgIpc) is 2.44. The molecule has 1 atom stereocenters. The Balaban J connectivity index is 2.20. The fourth-order valence-electron chi connectivity index (χ4n) is 3.40. The Morgan fingerprint density at radius 3 is 2.43 bits per heavy atom. The Hall–Kier alpha value is 0.140. The molecule has 1 aliphatic carbocycles. The van der Waals surface area contributed by atoms with Gasteiger partial charge in [0.25, 0.3) is 0 Å². The second-order valence-corrected chi connectivity index (χ2v) is 7.97. The van der Waals surface area contributed by atoms with E-state index < -0.39 is 0 Å². The van der Waals surface area contributed by atoms with Crippen LogP contribution in [0.4, 0.5) is 0 Å². The predicted octanol–water partition coefficient (Wildman–Crippen LogP) is 6.61. The monoisotopic (exact) mass is 415 g/mol. The van der Waals surface area contributed by atoms with Crippen LogP contribution in [-0.2, 0) is 0 Å². The quantitative estimate of drug-likeness (QED) is 0.568. The van der Waals surface area contributed by atoms with Crippen molar-refractivity contribution in [2.75, 3.05) is 6.54 Å². The van der Waals surface area contributed by atoms with Crippen LogP contribution in [0.1, 0.15) is 69.9 Å². The zero-order valence-corrected chi connectivity index (χ0v) is 16.2. The van der Waals surface area contributed by atoms with Gasteiger partial charge in [-0.15, -0.1) is 0 Å². The van der Waals surface area contributed by atoms with E-state index in [0.717, 1.165) is 12.5 Å². The van der Waals surface area contributed by atoms with Crippen molar-refractivity contribution in [2.45, 2.75) is 64.3 Å². The normalized spacial score (nSPS) is 19.0. The van der Waals surface area contributed by atoms with E-state index in [1.165, 1.54) is 65.9 Å². The van der Waals surface area contributed by atoms with Gasteiger partial charge in [-0.1, -0.05) is 70.9 Å². The van der Waals surface area contributed by atoms with E-state index in [1.807, 2.05) is 0 Å². The van der Waals surface area contributed by atoms with Gasteiger partial charge in [-0.25, -0.2) is 0 Å². The Kier molecular flexibility index (Phi) is 7.76. The summed E-state index contributed by atoms with van der Waals surface area (Å²) >= 11 is 7.40. The maximum Gasteiger partial charge on any atom is 0.0360 e. The Morgan fingerprint density at radius 2 is 1.76 bits per heavy atom.